The monoisotopic (exact) mass is 225 g/mol. The van der Waals surface area contributed by atoms with Gasteiger partial charge in [0.25, 0.3) is 0 Å². The van der Waals surface area contributed by atoms with Gasteiger partial charge in [0.2, 0.25) is 0 Å². The van der Waals surface area contributed by atoms with Gasteiger partial charge in [-0.3, -0.25) is 4.99 Å². The Kier molecular flexibility index (Phi) is 7.82. The number of aliphatic imine (C=N–C) groups is 1. The lowest BCUT2D eigenvalue weighted by atomic mass is 10.2. The Labute approximate surface area is 99.2 Å². The highest BCUT2D eigenvalue weighted by molar-refractivity contribution is 6.48. The summed E-state index contributed by atoms with van der Waals surface area (Å²) in [6.45, 7) is 8.48. The highest BCUT2D eigenvalue weighted by Gasteiger charge is 2.08. The van der Waals surface area contributed by atoms with Gasteiger partial charge in [-0.2, -0.15) is 0 Å². The van der Waals surface area contributed by atoms with Gasteiger partial charge >= 0.3 is 14.5 Å². The predicted molar refractivity (Wildman–Crippen MR) is 69.8 cm³/mol. The molecule has 15 heavy (non-hydrogen) atoms. The maximum Gasteiger partial charge on any atom is 0.539 e. The summed E-state index contributed by atoms with van der Waals surface area (Å²) < 4.78 is 5.83. The summed E-state index contributed by atoms with van der Waals surface area (Å²) in [6.07, 6.45) is 4.06. The summed E-state index contributed by atoms with van der Waals surface area (Å²) >= 11 is -0.975. The minimum atomic E-state index is -0.975. The van der Waals surface area contributed by atoms with Gasteiger partial charge in [0.1, 0.15) is 0 Å². The Hall–Kier alpha value is -0.258. The van der Waals surface area contributed by atoms with Crippen LogP contribution in [0, 0.1) is 0 Å². The van der Waals surface area contributed by atoms with Crippen molar-refractivity contribution in [2.75, 3.05) is 0 Å². The van der Waals surface area contributed by atoms with Gasteiger partial charge in [-0.25, -0.2) is 0 Å². The first-order valence-corrected chi connectivity index (χ1v) is 8.71. The van der Waals surface area contributed by atoms with Crippen LogP contribution in [0.15, 0.2) is 16.8 Å². The summed E-state index contributed by atoms with van der Waals surface area (Å²) in [5.74, 6) is 5.47. The third-order valence-corrected chi connectivity index (χ3v) is 2.62. The van der Waals surface area contributed by atoms with E-state index >= 15 is 0 Å². The molecule has 0 radical (unpaired) electrons. The van der Waals surface area contributed by atoms with Gasteiger partial charge in [-0.05, 0) is 32.8 Å². The Morgan fingerprint density at radius 2 is 1.87 bits per heavy atom. The average molecular weight is 225 g/mol. The average Bonchev–Trinajstić information content (AvgIpc) is 2.14. The molecule has 0 amide bonds. The van der Waals surface area contributed by atoms with Gasteiger partial charge in [0, 0.05) is 11.8 Å². The first kappa shape index (κ1) is 14.7. The van der Waals surface area contributed by atoms with Crippen LogP contribution in [-0.2, 0) is 3.79 Å². The number of hydrogen-bond donors (Lipinski definition) is 0. The van der Waals surface area contributed by atoms with Gasteiger partial charge in [-0.1, -0.05) is 25.4 Å². The maximum absolute atomic E-state index is 5.83. The van der Waals surface area contributed by atoms with Gasteiger partial charge in [0.15, 0.2) is 0 Å². The van der Waals surface area contributed by atoms with E-state index in [1.54, 1.807) is 0 Å². The fourth-order valence-corrected chi connectivity index (χ4v) is 2.11. The molecule has 0 aliphatic carbocycles. The SMILES string of the molecule is CCC(/C=C(/CC)[O][Al]([CH3])[CH3])=NC(C)C. The molecule has 0 bridgehead atoms. The first-order valence-electron chi connectivity index (χ1n) is 5.93. The van der Waals surface area contributed by atoms with Gasteiger partial charge in [0.05, 0.1) is 5.76 Å². The van der Waals surface area contributed by atoms with Crippen LogP contribution in [0.2, 0.25) is 11.6 Å². The number of nitrogens with zero attached hydrogens (tertiary/aromatic N) is 1. The number of hydrogen-bond acceptors (Lipinski definition) is 2. The van der Waals surface area contributed by atoms with Crippen molar-refractivity contribution in [2.45, 2.75) is 58.1 Å². The molecule has 0 unspecified atom stereocenters. The van der Waals surface area contributed by atoms with Gasteiger partial charge < -0.3 is 3.79 Å². The second-order valence-corrected chi connectivity index (χ2v) is 6.53. The highest BCUT2D eigenvalue weighted by atomic mass is 27.2. The third-order valence-electron chi connectivity index (χ3n) is 1.85. The van der Waals surface area contributed by atoms with E-state index in [1.165, 1.54) is 0 Å². The molecule has 3 heteroatoms. The molecule has 2 nitrogen and oxygen atoms in total. The molecule has 0 atom stereocenters. The molecule has 0 N–H and O–H groups in total. The van der Waals surface area contributed by atoms with Crippen molar-refractivity contribution in [1.29, 1.82) is 0 Å². The zero-order valence-electron chi connectivity index (χ0n) is 11.0. The van der Waals surface area contributed by atoms with Crippen molar-refractivity contribution in [3.05, 3.63) is 11.8 Å². The molecule has 0 saturated heterocycles. The molecule has 0 rings (SSSR count). The van der Waals surface area contributed by atoms with E-state index in [9.17, 15) is 0 Å². The largest absolute Gasteiger partial charge is 0.646 e. The van der Waals surface area contributed by atoms with Crippen LogP contribution < -0.4 is 0 Å². The topological polar surface area (TPSA) is 21.6 Å². The normalized spacial score (nSPS) is 13.3. The van der Waals surface area contributed by atoms with Crippen LogP contribution in [0.5, 0.6) is 0 Å². The Balaban J connectivity index is 4.62. The van der Waals surface area contributed by atoms with Crippen LogP contribution in [0.1, 0.15) is 40.5 Å². The highest BCUT2D eigenvalue weighted by Crippen LogP contribution is 2.07. The zero-order chi connectivity index (χ0) is 11.8. The lowest BCUT2D eigenvalue weighted by Gasteiger charge is -2.12. The first-order chi connectivity index (χ1) is 6.99. The zero-order valence-corrected chi connectivity index (χ0v) is 12.2. The number of rotatable bonds is 6. The molecule has 0 aromatic carbocycles. The van der Waals surface area contributed by atoms with E-state index in [0.29, 0.717) is 6.04 Å². The molecular weight excluding hydrogens is 201 g/mol. The molecule has 0 aromatic rings. The van der Waals surface area contributed by atoms with Crippen molar-refractivity contribution < 1.29 is 3.79 Å². The minimum absolute atomic E-state index is 0.366. The second-order valence-electron chi connectivity index (χ2n) is 4.20. The maximum atomic E-state index is 5.83. The summed E-state index contributed by atoms with van der Waals surface area (Å²) in [6, 6.07) is 0.366. The lowest BCUT2D eigenvalue weighted by Crippen LogP contribution is -2.09. The van der Waals surface area contributed by atoms with Crippen LogP contribution in [0.4, 0.5) is 0 Å². The van der Waals surface area contributed by atoms with Crippen molar-refractivity contribution in [3.8, 4) is 0 Å². The van der Waals surface area contributed by atoms with Crippen molar-refractivity contribution >= 4 is 20.2 Å². The van der Waals surface area contributed by atoms with Crippen molar-refractivity contribution in [2.24, 2.45) is 4.99 Å². The van der Waals surface area contributed by atoms with Crippen LogP contribution in [0.3, 0.4) is 0 Å². The molecule has 0 aliphatic heterocycles. The summed E-state index contributed by atoms with van der Waals surface area (Å²) in [7, 11) is 0. The molecular formula is C12H24AlNO. The summed E-state index contributed by atoms with van der Waals surface area (Å²) in [5.41, 5.74) is 1.15. The molecule has 0 aliphatic rings. The summed E-state index contributed by atoms with van der Waals surface area (Å²) in [4.78, 5) is 4.57. The van der Waals surface area contributed by atoms with E-state index in [1.807, 2.05) is 0 Å². The van der Waals surface area contributed by atoms with E-state index in [2.05, 4.69) is 50.3 Å². The summed E-state index contributed by atoms with van der Waals surface area (Å²) in [5, 5.41) is 0. The smallest absolute Gasteiger partial charge is 0.539 e. The van der Waals surface area contributed by atoms with Crippen LogP contribution in [-0.4, -0.2) is 26.2 Å². The molecule has 0 saturated carbocycles. The Bertz CT molecular complexity index is 232. The lowest BCUT2D eigenvalue weighted by molar-refractivity contribution is 0.424. The molecule has 0 aromatic heterocycles. The van der Waals surface area contributed by atoms with Crippen molar-refractivity contribution in [3.63, 3.8) is 0 Å². The minimum Gasteiger partial charge on any atom is -0.646 e. The predicted octanol–water partition coefficient (Wildman–Crippen LogP) is 3.81. The van der Waals surface area contributed by atoms with Crippen molar-refractivity contribution in [1.82, 2.24) is 0 Å². The quantitative estimate of drug-likeness (QED) is 0.382. The van der Waals surface area contributed by atoms with Gasteiger partial charge in [-0.15, -0.1) is 0 Å². The van der Waals surface area contributed by atoms with E-state index in [-0.39, 0.29) is 0 Å². The van der Waals surface area contributed by atoms with E-state index < -0.39 is 14.5 Å². The fraction of sp³-hybridized carbons (Fsp3) is 0.750. The molecule has 0 heterocycles. The number of allylic oxidation sites excluding steroid dienone is 2. The van der Waals surface area contributed by atoms with E-state index in [4.69, 9.17) is 3.79 Å². The molecule has 86 valence electrons. The molecule has 0 spiro atoms. The molecule has 0 fully saturated rings. The van der Waals surface area contributed by atoms with Crippen LogP contribution in [0.25, 0.3) is 0 Å². The third kappa shape index (κ3) is 7.65. The Morgan fingerprint density at radius 1 is 1.27 bits per heavy atom. The second kappa shape index (κ2) is 7.96. The fourth-order valence-electron chi connectivity index (χ4n) is 1.27. The standard InChI is InChI=1S/C10H19NO.2CH3.Al/c1-5-9(11-8(3)4)7-10(12)6-2;;;/h7-8,12H,5-6H2,1-4H3;2*1H3;/q;;;+1/p-1/b10-7-,11-9?;;;. The van der Waals surface area contributed by atoms with E-state index in [0.717, 1.165) is 24.3 Å². The Morgan fingerprint density at radius 3 is 2.20 bits per heavy atom. The van der Waals surface area contributed by atoms with Crippen LogP contribution >= 0.6 is 0 Å².